The van der Waals surface area contributed by atoms with Crippen molar-refractivity contribution in [2.75, 3.05) is 4.90 Å². The number of amides is 4. The molecule has 55 heavy (non-hydrogen) atoms. The summed E-state index contributed by atoms with van der Waals surface area (Å²) in [6.07, 6.45) is 0. The van der Waals surface area contributed by atoms with E-state index in [9.17, 15) is 51.6 Å². The molecule has 0 bridgehead atoms. The number of carbonyl (C=O) groups excluding carboxylic acids is 5. The van der Waals surface area contributed by atoms with E-state index >= 15 is 0 Å². The number of benzene rings is 5. The van der Waals surface area contributed by atoms with E-state index < -0.39 is 61.5 Å². The zero-order chi connectivity index (χ0) is 38.7. The van der Waals surface area contributed by atoms with Crippen LogP contribution in [0.2, 0.25) is 0 Å². The topological polar surface area (TPSA) is 224 Å². The Labute approximate surface area is 305 Å². The minimum absolute atomic E-state index is 0.0124. The Morgan fingerprint density at radius 2 is 0.964 bits per heavy atom. The predicted octanol–water partition coefficient (Wildman–Crippen LogP) is 2.18. The Morgan fingerprint density at radius 1 is 0.491 bits per heavy atom. The summed E-state index contributed by atoms with van der Waals surface area (Å²) in [7, 11) is -4.19. The zero-order valence-electron chi connectivity index (χ0n) is 27.5. The molecule has 266 valence electrons. The second-order valence-electron chi connectivity index (χ2n) is 12.7. The highest BCUT2D eigenvalue weighted by molar-refractivity contribution is 7.91. The predicted molar refractivity (Wildman–Crippen MR) is 194 cm³/mol. The second-order valence-corrected chi connectivity index (χ2v) is 14.7. The van der Waals surface area contributed by atoms with Crippen LogP contribution in [0.3, 0.4) is 0 Å². The Morgan fingerprint density at radius 3 is 1.53 bits per heavy atom. The average Bonchev–Trinajstić information content (AvgIpc) is 3.82. The van der Waals surface area contributed by atoms with E-state index in [0.29, 0.717) is 0 Å². The fourth-order valence-corrected chi connectivity index (χ4v) is 8.17. The van der Waals surface area contributed by atoms with Gasteiger partial charge in [-0.25, -0.2) is 17.9 Å². The minimum atomic E-state index is -4.19. The summed E-state index contributed by atoms with van der Waals surface area (Å²) in [5, 5.41) is 1.92. The van der Waals surface area contributed by atoms with Crippen LogP contribution in [0.15, 0.2) is 126 Å². The first-order valence-corrected chi connectivity index (χ1v) is 17.7. The van der Waals surface area contributed by atoms with Crippen molar-refractivity contribution in [3.63, 3.8) is 0 Å². The van der Waals surface area contributed by atoms with E-state index in [1.807, 2.05) is 0 Å². The van der Waals surface area contributed by atoms with Gasteiger partial charge >= 0.3 is 0 Å². The molecular formula is C39H18N4O11S. The molecule has 0 aliphatic carbocycles. The number of ketones is 1. The van der Waals surface area contributed by atoms with Gasteiger partial charge in [0.1, 0.15) is 0 Å². The number of carbonyl (C=O) groups is 5. The molecule has 0 saturated carbocycles. The van der Waals surface area contributed by atoms with Crippen molar-refractivity contribution in [3.8, 4) is 5.69 Å². The monoisotopic (exact) mass is 750 g/mol. The Bertz CT molecular complexity index is 3240. The van der Waals surface area contributed by atoms with E-state index in [0.717, 1.165) is 9.47 Å². The Hall–Kier alpha value is -7.72. The van der Waals surface area contributed by atoms with Crippen LogP contribution in [0.1, 0.15) is 57.4 Å². The summed E-state index contributed by atoms with van der Waals surface area (Å²) in [6.45, 7) is 0. The molecular weight excluding hydrogens is 733 g/mol. The van der Waals surface area contributed by atoms with Gasteiger partial charge < -0.3 is 0 Å². The molecule has 4 heterocycles. The fraction of sp³-hybridized carbons (Fsp3) is 0. The molecule has 0 atom stereocenters. The molecule has 15 nitrogen and oxygen atoms in total. The maximum Gasteiger partial charge on any atom is 0.266 e. The zero-order valence-corrected chi connectivity index (χ0v) is 28.3. The smallest absolute Gasteiger partial charge is 0.266 e. The SMILES string of the molecule is O=C(c1ccc2c(c1)C(=O)NC2=O)c1ccc2c(c1)C(=O)N(c1ccc(S(=O)(=O)c3ccc(-n4c(=O)c5cc6c(=O)[nH]c(=O)c6cc5c4=O)cc3)cc1)C2=O. The van der Waals surface area contributed by atoms with E-state index in [4.69, 9.17) is 0 Å². The van der Waals surface area contributed by atoms with Crippen LogP contribution in [0.5, 0.6) is 0 Å². The van der Waals surface area contributed by atoms with Gasteiger partial charge in [-0.3, -0.25) is 53.5 Å². The Balaban J connectivity index is 0.968. The standard InChI is InChI=1S/C39H18N4O11S/c44-31(17-1-11-23-25(13-17)33(46)40-32(23)45)18-2-12-24-28(14-18)37(50)42(36(24)49)19-3-7-21(8-4-19)55(53,54)22-9-5-20(6-10-22)43-38(51)29-15-26-27(16-30(29)39(43)52)35(48)41-34(26)47/h1-16H,(H,40,45,46)(H,41,47,48). The number of rotatable bonds is 6. The molecule has 5 aromatic carbocycles. The maximum atomic E-state index is 13.6. The molecule has 2 N–H and O–H groups in total. The quantitative estimate of drug-likeness (QED) is 0.185. The van der Waals surface area contributed by atoms with Crippen LogP contribution in [0, 0.1) is 0 Å². The molecule has 4 amide bonds. The summed E-state index contributed by atoms with van der Waals surface area (Å²) in [6, 6.07) is 20.1. The lowest BCUT2D eigenvalue weighted by atomic mass is 9.96. The van der Waals surface area contributed by atoms with Crippen LogP contribution >= 0.6 is 0 Å². The van der Waals surface area contributed by atoms with E-state index in [2.05, 4.69) is 10.3 Å². The third-order valence-corrected chi connectivity index (χ3v) is 11.5. The highest BCUT2D eigenvalue weighted by Crippen LogP contribution is 2.32. The lowest BCUT2D eigenvalue weighted by molar-refractivity contribution is 0.0874. The molecule has 0 spiro atoms. The molecule has 7 aromatic rings. The average molecular weight is 751 g/mol. The third-order valence-electron chi connectivity index (χ3n) is 9.70. The molecule has 0 saturated heterocycles. The van der Waals surface area contributed by atoms with Crippen molar-refractivity contribution in [2.24, 2.45) is 0 Å². The number of aromatic amines is 1. The molecule has 0 unspecified atom stereocenters. The van der Waals surface area contributed by atoms with E-state index in [1.165, 1.54) is 97.1 Å². The van der Waals surface area contributed by atoms with Crippen LogP contribution in [-0.2, 0) is 9.84 Å². The maximum absolute atomic E-state index is 13.6. The van der Waals surface area contributed by atoms with Crippen molar-refractivity contribution in [1.29, 1.82) is 0 Å². The number of aromatic nitrogens is 2. The molecule has 16 heteroatoms. The van der Waals surface area contributed by atoms with Gasteiger partial charge in [-0.2, -0.15) is 0 Å². The first-order valence-electron chi connectivity index (χ1n) is 16.2. The molecule has 2 aromatic heterocycles. The number of sulfone groups is 1. The second kappa shape index (κ2) is 11.4. The van der Waals surface area contributed by atoms with Gasteiger partial charge in [-0.1, -0.05) is 12.1 Å². The number of hydrogen-bond acceptors (Lipinski definition) is 11. The lowest BCUT2D eigenvalue weighted by Crippen LogP contribution is -2.29. The van der Waals surface area contributed by atoms with Crippen molar-refractivity contribution in [2.45, 2.75) is 9.79 Å². The summed E-state index contributed by atoms with van der Waals surface area (Å²) in [5.74, 6) is -3.23. The molecule has 2 aliphatic heterocycles. The highest BCUT2D eigenvalue weighted by atomic mass is 32.2. The van der Waals surface area contributed by atoms with Crippen LogP contribution in [0.4, 0.5) is 5.69 Å². The first kappa shape index (κ1) is 33.1. The molecule has 9 rings (SSSR count). The molecule has 0 radical (unpaired) electrons. The van der Waals surface area contributed by atoms with Gasteiger partial charge in [-0.05, 0) is 84.9 Å². The van der Waals surface area contributed by atoms with Gasteiger partial charge in [0.2, 0.25) is 9.84 Å². The van der Waals surface area contributed by atoms with Crippen LogP contribution in [-0.4, -0.2) is 47.4 Å². The summed E-state index contributed by atoms with van der Waals surface area (Å²) in [5.41, 5.74) is -2.55. The normalized spacial score (nSPS) is 13.9. The number of anilines is 1. The number of nitrogens with zero attached hydrogens (tertiary/aromatic N) is 2. The van der Waals surface area contributed by atoms with Gasteiger partial charge in [-0.15, -0.1) is 0 Å². The molecule has 2 aliphatic rings. The number of fused-ring (bicyclic) bond motifs is 4. The van der Waals surface area contributed by atoms with Gasteiger partial charge in [0.15, 0.2) is 5.78 Å². The van der Waals surface area contributed by atoms with Gasteiger partial charge in [0.25, 0.3) is 45.9 Å². The van der Waals surface area contributed by atoms with E-state index in [1.54, 1.807) is 0 Å². The van der Waals surface area contributed by atoms with Gasteiger partial charge in [0, 0.05) is 11.1 Å². The number of H-pyrrole nitrogens is 1. The summed E-state index contributed by atoms with van der Waals surface area (Å²) >= 11 is 0. The third kappa shape index (κ3) is 4.75. The van der Waals surface area contributed by atoms with E-state index in [-0.39, 0.29) is 76.1 Å². The van der Waals surface area contributed by atoms with Crippen molar-refractivity contribution in [1.82, 2.24) is 14.9 Å². The van der Waals surface area contributed by atoms with Crippen LogP contribution in [0.25, 0.3) is 27.2 Å². The number of nitrogens with one attached hydrogen (secondary N) is 2. The summed E-state index contributed by atoms with van der Waals surface area (Å²) < 4.78 is 27.9. The Kier molecular flexibility index (Phi) is 6.86. The lowest BCUT2D eigenvalue weighted by Gasteiger charge is -2.14. The first-order chi connectivity index (χ1) is 26.2. The van der Waals surface area contributed by atoms with Crippen molar-refractivity contribution in [3.05, 3.63) is 172 Å². The van der Waals surface area contributed by atoms with Crippen LogP contribution < -0.4 is 32.5 Å². The minimum Gasteiger partial charge on any atom is -0.289 e. The largest absolute Gasteiger partial charge is 0.289 e. The highest BCUT2D eigenvalue weighted by Gasteiger charge is 2.38. The van der Waals surface area contributed by atoms with Crippen molar-refractivity contribution < 1.29 is 32.4 Å². The van der Waals surface area contributed by atoms with Crippen molar-refractivity contribution >= 4 is 66.5 Å². The molecule has 0 fully saturated rings. The number of hydrogen-bond donors (Lipinski definition) is 2. The summed E-state index contributed by atoms with van der Waals surface area (Å²) in [4.78, 5) is 117. The fourth-order valence-electron chi connectivity index (χ4n) is 6.91. The van der Waals surface area contributed by atoms with Gasteiger partial charge in [0.05, 0.1) is 65.0 Å². The number of imide groups is 2.